The van der Waals surface area contributed by atoms with E-state index in [1.807, 2.05) is 4.68 Å². The van der Waals surface area contributed by atoms with E-state index in [-0.39, 0.29) is 5.54 Å². The van der Waals surface area contributed by atoms with E-state index < -0.39 is 0 Å². The molecule has 2 N–H and O–H groups in total. The van der Waals surface area contributed by atoms with Gasteiger partial charge in [0.05, 0.1) is 0 Å². The molecule has 1 saturated carbocycles. The molecule has 0 aromatic carbocycles. The molecule has 0 bridgehead atoms. The van der Waals surface area contributed by atoms with Crippen molar-refractivity contribution in [1.29, 1.82) is 0 Å². The van der Waals surface area contributed by atoms with E-state index in [0.717, 1.165) is 25.1 Å². The predicted octanol–water partition coefficient (Wildman–Crippen LogP) is 3.09. The van der Waals surface area contributed by atoms with Crippen LogP contribution in [-0.2, 0) is 6.42 Å². The van der Waals surface area contributed by atoms with E-state index in [2.05, 4.69) is 37.8 Å². The third kappa shape index (κ3) is 3.56. The van der Waals surface area contributed by atoms with Crippen LogP contribution in [0.1, 0.15) is 71.7 Å². The molecule has 0 aliphatic heterocycles. The summed E-state index contributed by atoms with van der Waals surface area (Å²) in [6, 6.07) is 0.350. The van der Waals surface area contributed by atoms with E-state index >= 15 is 0 Å². The quantitative estimate of drug-likeness (QED) is 0.853. The van der Waals surface area contributed by atoms with Crippen molar-refractivity contribution in [3.63, 3.8) is 0 Å². The minimum absolute atomic E-state index is 0.104. The second-order valence-corrected chi connectivity index (χ2v) is 7.27. The number of hydrogen-bond donors (Lipinski definition) is 1. The maximum Gasteiger partial charge on any atom is 0.138 e. The van der Waals surface area contributed by atoms with E-state index in [9.17, 15) is 0 Å². The molecule has 1 aromatic heterocycles. The summed E-state index contributed by atoms with van der Waals surface area (Å²) in [6.07, 6.45) is 8.40. The van der Waals surface area contributed by atoms with Gasteiger partial charge in [-0.2, -0.15) is 5.10 Å². The van der Waals surface area contributed by atoms with Crippen molar-refractivity contribution >= 4 is 0 Å². The van der Waals surface area contributed by atoms with Gasteiger partial charge in [0.1, 0.15) is 12.2 Å². The van der Waals surface area contributed by atoms with Gasteiger partial charge in [0, 0.05) is 18.0 Å². The van der Waals surface area contributed by atoms with Gasteiger partial charge in [-0.25, -0.2) is 9.67 Å². The van der Waals surface area contributed by atoms with Gasteiger partial charge in [-0.05, 0) is 44.9 Å². The van der Waals surface area contributed by atoms with Crippen molar-refractivity contribution in [2.45, 2.75) is 77.8 Å². The Labute approximate surface area is 116 Å². The molecule has 1 unspecified atom stereocenters. The van der Waals surface area contributed by atoms with Crippen molar-refractivity contribution in [2.24, 2.45) is 11.1 Å². The van der Waals surface area contributed by atoms with Crippen LogP contribution in [0.4, 0.5) is 0 Å². The molecule has 0 amide bonds. The van der Waals surface area contributed by atoms with E-state index in [1.165, 1.54) is 19.3 Å². The molecule has 0 saturated heterocycles. The molecule has 4 nitrogen and oxygen atoms in total. The fourth-order valence-corrected chi connectivity index (χ4v) is 3.08. The van der Waals surface area contributed by atoms with Crippen molar-refractivity contribution in [2.75, 3.05) is 0 Å². The molecule has 0 radical (unpaired) electrons. The Balaban J connectivity index is 2.10. The highest BCUT2D eigenvalue weighted by molar-refractivity contribution is 5.00. The van der Waals surface area contributed by atoms with Crippen LogP contribution in [0.2, 0.25) is 0 Å². The molecular weight excluding hydrogens is 236 g/mol. The van der Waals surface area contributed by atoms with Crippen LogP contribution in [-0.4, -0.2) is 20.3 Å². The van der Waals surface area contributed by atoms with Crippen LogP contribution in [0.3, 0.4) is 0 Å². The van der Waals surface area contributed by atoms with Crippen molar-refractivity contribution < 1.29 is 0 Å². The lowest BCUT2D eigenvalue weighted by atomic mass is 9.83. The van der Waals surface area contributed by atoms with Gasteiger partial charge in [0.25, 0.3) is 0 Å². The minimum atomic E-state index is -0.104. The molecular formula is C15H28N4. The summed E-state index contributed by atoms with van der Waals surface area (Å²) < 4.78 is 2.00. The Hall–Kier alpha value is -0.900. The molecule has 1 heterocycles. The summed E-state index contributed by atoms with van der Waals surface area (Å²) in [5.41, 5.74) is 6.99. The van der Waals surface area contributed by atoms with E-state index in [0.29, 0.717) is 11.5 Å². The van der Waals surface area contributed by atoms with Crippen molar-refractivity contribution in [1.82, 2.24) is 14.8 Å². The third-order valence-corrected chi connectivity index (χ3v) is 4.47. The number of nitrogens with two attached hydrogens (primary N) is 1. The van der Waals surface area contributed by atoms with Gasteiger partial charge < -0.3 is 5.73 Å². The number of rotatable bonds is 3. The largest absolute Gasteiger partial charge is 0.325 e. The Morgan fingerprint density at radius 2 is 2.00 bits per heavy atom. The van der Waals surface area contributed by atoms with Crippen LogP contribution in [0.15, 0.2) is 6.33 Å². The molecule has 1 atom stereocenters. The minimum Gasteiger partial charge on any atom is -0.325 e. The first-order valence-electron chi connectivity index (χ1n) is 7.49. The lowest BCUT2D eigenvalue weighted by molar-refractivity contribution is 0.293. The Bertz CT molecular complexity index is 422. The van der Waals surface area contributed by atoms with Gasteiger partial charge in [0.15, 0.2) is 0 Å². The monoisotopic (exact) mass is 264 g/mol. The van der Waals surface area contributed by atoms with Gasteiger partial charge in [-0.3, -0.25) is 0 Å². The molecule has 19 heavy (non-hydrogen) atoms. The summed E-state index contributed by atoms with van der Waals surface area (Å²) in [4.78, 5) is 4.42. The average molecular weight is 264 g/mol. The highest BCUT2D eigenvalue weighted by Gasteiger charge is 2.33. The second kappa shape index (κ2) is 5.23. The first-order valence-corrected chi connectivity index (χ1v) is 7.49. The maximum atomic E-state index is 6.66. The average Bonchev–Trinajstić information content (AvgIpc) is 2.69. The Morgan fingerprint density at radius 3 is 2.68 bits per heavy atom. The first-order chi connectivity index (χ1) is 8.81. The van der Waals surface area contributed by atoms with Crippen LogP contribution in [0, 0.1) is 5.41 Å². The smallest absolute Gasteiger partial charge is 0.138 e. The lowest BCUT2D eigenvalue weighted by Gasteiger charge is -2.29. The van der Waals surface area contributed by atoms with Gasteiger partial charge in [-0.15, -0.1) is 0 Å². The summed E-state index contributed by atoms with van der Waals surface area (Å²) >= 11 is 0. The molecule has 0 spiro atoms. The number of nitrogens with zero attached hydrogens (tertiary/aromatic N) is 3. The zero-order valence-corrected chi connectivity index (χ0v) is 12.8. The number of aromatic nitrogens is 3. The maximum absolute atomic E-state index is 6.66. The summed E-state index contributed by atoms with van der Waals surface area (Å²) in [5.74, 6) is 1.04. The zero-order valence-electron chi connectivity index (χ0n) is 12.8. The summed E-state index contributed by atoms with van der Waals surface area (Å²) in [7, 11) is 0. The van der Waals surface area contributed by atoms with E-state index in [1.54, 1.807) is 6.33 Å². The third-order valence-electron chi connectivity index (χ3n) is 4.47. The lowest BCUT2D eigenvalue weighted by Crippen LogP contribution is -2.42. The highest BCUT2D eigenvalue weighted by atomic mass is 15.3. The normalized spacial score (nSPS) is 27.5. The van der Waals surface area contributed by atoms with Crippen LogP contribution in [0.25, 0.3) is 0 Å². The second-order valence-electron chi connectivity index (χ2n) is 7.27. The van der Waals surface area contributed by atoms with Crippen molar-refractivity contribution in [3.8, 4) is 0 Å². The fourth-order valence-electron chi connectivity index (χ4n) is 3.08. The fraction of sp³-hybridized carbons (Fsp3) is 0.867. The van der Waals surface area contributed by atoms with Gasteiger partial charge in [-0.1, -0.05) is 20.3 Å². The zero-order chi connectivity index (χ0) is 14.1. The van der Waals surface area contributed by atoms with Crippen LogP contribution >= 0.6 is 0 Å². The summed E-state index contributed by atoms with van der Waals surface area (Å²) in [6.45, 7) is 8.99. The number of hydrogen-bond acceptors (Lipinski definition) is 3. The Morgan fingerprint density at radius 1 is 1.26 bits per heavy atom. The Kier molecular flexibility index (Phi) is 4.00. The molecule has 1 aliphatic carbocycles. The molecule has 4 heteroatoms. The molecule has 1 aromatic rings. The van der Waals surface area contributed by atoms with Gasteiger partial charge >= 0.3 is 0 Å². The van der Waals surface area contributed by atoms with E-state index in [4.69, 9.17) is 5.73 Å². The van der Waals surface area contributed by atoms with Crippen LogP contribution in [0.5, 0.6) is 0 Å². The van der Waals surface area contributed by atoms with Crippen LogP contribution < -0.4 is 5.73 Å². The first kappa shape index (κ1) is 14.5. The topological polar surface area (TPSA) is 56.7 Å². The standard InChI is InChI=1S/C15H28N4/c1-12(2)19-13(17-11-18-19)10-15(16)7-5-6-14(3,4)8-9-15/h11-12H,5-10,16H2,1-4H3. The van der Waals surface area contributed by atoms with Crippen molar-refractivity contribution in [3.05, 3.63) is 12.2 Å². The molecule has 2 rings (SSSR count). The predicted molar refractivity (Wildman–Crippen MR) is 77.9 cm³/mol. The molecule has 1 aliphatic rings. The summed E-state index contributed by atoms with van der Waals surface area (Å²) in [5, 5.41) is 4.31. The molecule has 108 valence electrons. The highest BCUT2D eigenvalue weighted by Crippen LogP contribution is 2.38. The van der Waals surface area contributed by atoms with Gasteiger partial charge in [0.2, 0.25) is 0 Å². The SMILES string of the molecule is CC(C)n1ncnc1CC1(N)CCCC(C)(C)CC1. The molecule has 1 fully saturated rings.